The fourth-order valence-corrected chi connectivity index (χ4v) is 1.53. The van der Waals surface area contributed by atoms with Crippen LogP contribution in [0.4, 0.5) is 0 Å². The van der Waals surface area contributed by atoms with Crippen LogP contribution in [0.15, 0.2) is 0 Å². The number of carbonyl (C=O) groups is 2. The molecule has 0 rings (SSSR count). The summed E-state index contributed by atoms with van der Waals surface area (Å²) in [6, 6.07) is 0. The topological polar surface area (TPSA) is 46.2 Å². The molecule has 1 amide bonds. The van der Waals surface area contributed by atoms with Gasteiger partial charge >= 0.3 is 0 Å². The van der Waals surface area contributed by atoms with E-state index in [1.165, 1.54) is 19.3 Å². The number of hydrogen-bond acceptors (Lipinski definition) is 2. The molecular weight excluding hydrogens is 190 g/mol. The fourth-order valence-electron chi connectivity index (χ4n) is 1.53. The Morgan fingerprint density at radius 2 is 1.87 bits per heavy atom. The highest BCUT2D eigenvalue weighted by molar-refractivity contribution is 5.91. The van der Waals surface area contributed by atoms with Crippen LogP contribution in [0, 0.1) is 5.92 Å². The van der Waals surface area contributed by atoms with Gasteiger partial charge in [-0.05, 0) is 13.3 Å². The minimum absolute atomic E-state index is 0.122. The minimum atomic E-state index is -0.438. The zero-order valence-electron chi connectivity index (χ0n) is 9.92. The van der Waals surface area contributed by atoms with Crippen LogP contribution in [-0.2, 0) is 9.59 Å². The predicted molar refractivity (Wildman–Crippen MR) is 61.6 cm³/mol. The number of unbranched alkanes of at least 4 members (excludes halogenated alkanes) is 4. The van der Waals surface area contributed by atoms with E-state index >= 15 is 0 Å². The van der Waals surface area contributed by atoms with Crippen molar-refractivity contribution in [3.05, 3.63) is 0 Å². The highest BCUT2D eigenvalue weighted by Crippen LogP contribution is 2.10. The summed E-state index contributed by atoms with van der Waals surface area (Å²) in [4.78, 5) is 22.0. The molecule has 0 aliphatic heterocycles. The van der Waals surface area contributed by atoms with E-state index in [-0.39, 0.29) is 5.91 Å². The van der Waals surface area contributed by atoms with Gasteiger partial charge in [0.2, 0.25) is 5.91 Å². The minimum Gasteiger partial charge on any atom is -0.356 e. The van der Waals surface area contributed by atoms with E-state index in [1.54, 1.807) is 0 Å². The summed E-state index contributed by atoms with van der Waals surface area (Å²) >= 11 is 0. The van der Waals surface area contributed by atoms with Crippen molar-refractivity contribution in [2.24, 2.45) is 5.92 Å². The lowest BCUT2D eigenvalue weighted by Gasteiger charge is -2.09. The maximum atomic E-state index is 11.4. The van der Waals surface area contributed by atoms with Gasteiger partial charge in [0.1, 0.15) is 6.29 Å². The number of amides is 1. The standard InChI is InChI=1S/C12H23NO2/c1-3-5-6-7-8-9-11(10-14)12(15)13-4-2/h10-11H,3-9H2,1-2H3,(H,13,15). The second kappa shape index (κ2) is 9.69. The van der Waals surface area contributed by atoms with Crippen LogP contribution in [0.2, 0.25) is 0 Å². The Hall–Kier alpha value is -0.860. The Balaban J connectivity index is 3.61. The molecule has 0 saturated heterocycles. The Bertz CT molecular complexity index is 180. The quantitative estimate of drug-likeness (QED) is 0.363. The normalized spacial score (nSPS) is 12.1. The average molecular weight is 213 g/mol. The molecule has 0 heterocycles. The molecule has 0 saturated carbocycles. The first-order chi connectivity index (χ1) is 7.26. The number of hydrogen-bond donors (Lipinski definition) is 1. The van der Waals surface area contributed by atoms with Gasteiger partial charge in [0.05, 0.1) is 5.92 Å². The molecule has 0 aliphatic rings. The van der Waals surface area contributed by atoms with Crippen molar-refractivity contribution in [1.82, 2.24) is 5.32 Å². The summed E-state index contributed by atoms with van der Waals surface area (Å²) in [5.41, 5.74) is 0. The Kier molecular flexibility index (Phi) is 9.13. The highest BCUT2D eigenvalue weighted by Gasteiger charge is 2.15. The van der Waals surface area contributed by atoms with Crippen molar-refractivity contribution in [3.8, 4) is 0 Å². The summed E-state index contributed by atoms with van der Waals surface area (Å²) < 4.78 is 0. The molecule has 15 heavy (non-hydrogen) atoms. The molecule has 1 atom stereocenters. The van der Waals surface area contributed by atoms with Crippen molar-refractivity contribution < 1.29 is 9.59 Å². The predicted octanol–water partition coefficient (Wildman–Crippen LogP) is 2.30. The molecule has 0 spiro atoms. The molecule has 0 aromatic carbocycles. The molecule has 1 N–H and O–H groups in total. The van der Waals surface area contributed by atoms with Gasteiger partial charge in [-0.2, -0.15) is 0 Å². The molecule has 0 radical (unpaired) electrons. The van der Waals surface area contributed by atoms with Crippen molar-refractivity contribution in [2.45, 2.75) is 52.4 Å². The Labute approximate surface area is 92.6 Å². The maximum Gasteiger partial charge on any atom is 0.230 e. The number of nitrogens with one attached hydrogen (secondary N) is 1. The van der Waals surface area contributed by atoms with Gasteiger partial charge in [-0.25, -0.2) is 0 Å². The van der Waals surface area contributed by atoms with E-state index in [4.69, 9.17) is 0 Å². The van der Waals surface area contributed by atoms with E-state index in [0.29, 0.717) is 13.0 Å². The number of aldehydes is 1. The zero-order chi connectivity index (χ0) is 11.5. The van der Waals surface area contributed by atoms with Gasteiger partial charge in [0.25, 0.3) is 0 Å². The molecule has 0 aromatic rings. The van der Waals surface area contributed by atoms with Crippen LogP contribution in [0.25, 0.3) is 0 Å². The lowest BCUT2D eigenvalue weighted by atomic mass is 10.0. The second-order valence-corrected chi connectivity index (χ2v) is 3.84. The fraction of sp³-hybridized carbons (Fsp3) is 0.833. The van der Waals surface area contributed by atoms with E-state index in [9.17, 15) is 9.59 Å². The molecule has 88 valence electrons. The van der Waals surface area contributed by atoms with Crippen LogP contribution in [-0.4, -0.2) is 18.7 Å². The Morgan fingerprint density at radius 3 is 2.40 bits per heavy atom. The smallest absolute Gasteiger partial charge is 0.230 e. The largest absolute Gasteiger partial charge is 0.356 e. The third-order valence-electron chi connectivity index (χ3n) is 2.47. The molecule has 1 unspecified atom stereocenters. The van der Waals surface area contributed by atoms with E-state index in [0.717, 1.165) is 19.1 Å². The number of rotatable bonds is 9. The van der Waals surface area contributed by atoms with Crippen molar-refractivity contribution in [3.63, 3.8) is 0 Å². The monoisotopic (exact) mass is 213 g/mol. The van der Waals surface area contributed by atoms with E-state index in [2.05, 4.69) is 12.2 Å². The van der Waals surface area contributed by atoms with Crippen LogP contribution >= 0.6 is 0 Å². The van der Waals surface area contributed by atoms with Gasteiger partial charge < -0.3 is 10.1 Å². The molecule has 0 bridgehead atoms. The molecule has 3 heteroatoms. The zero-order valence-corrected chi connectivity index (χ0v) is 9.92. The summed E-state index contributed by atoms with van der Waals surface area (Å²) in [5.74, 6) is -0.561. The maximum absolute atomic E-state index is 11.4. The summed E-state index contributed by atoms with van der Waals surface area (Å²) in [5, 5.41) is 2.68. The van der Waals surface area contributed by atoms with Crippen LogP contribution in [0.3, 0.4) is 0 Å². The van der Waals surface area contributed by atoms with Gasteiger partial charge in [-0.1, -0.05) is 39.0 Å². The van der Waals surface area contributed by atoms with Gasteiger partial charge in [-0.3, -0.25) is 4.79 Å². The first kappa shape index (κ1) is 14.1. The van der Waals surface area contributed by atoms with Crippen molar-refractivity contribution >= 4 is 12.2 Å². The molecular formula is C12H23NO2. The highest BCUT2D eigenvalue weighted by atomic mass is 16.2. The van der Waals surface area contributed by atoms with Crippen molar-refractivity contribution in [2.75, 3.05) is 6.54 Å². The molecule has 0 aromatic heterocycles. The lowest BCUT2D eigenvalue weighted by molar-refractivity contribution is -0.129. The van der Waals surface area contributed by atoms with Crippen LogP contribution < -0.4 is 5.32 Å². The molecule has 0 aliphatic carbocycles. The number of carbonyl (C=O) groups excluding carboxylic acids is 2. The second-order valence-electron chi connectivity index (χ2n) is 3.84. The molecule has 0 fully saturated rings. The SMILES string of the molecule is CCCCCCCC(C=O)C(=O)NCC. The van der Waals surface area contributed by atoms with Crippen LogP contribution in [0.5, 0.6) is 0 Å². The summed E-state index contributed by atoms with van der Waals surface area (Å²) in [6.45, 7) is 4.63. The first-order valence-corrected chi connectivity index (χ1v) is 5.99. The van der Waals surface area contributed by atoms with E-state index < -0.39 is 5.92 Å². The first-order valence-electron chi connectivity index (χ1n) is 5.99. The Morgan fingerprint density at radius 1 is 1.20 bits per heavy atom. The van der Waals surface area contributed by atoms with Gasteiger partial charge in [-0.15, -0.1) is 0 Å². The van der Waals surface area contributed by atoms with Crippen LogP contribution in [0.1, 0.15) is 52.4 Å². The summed E-state index contributed by atoms with van der Waals surface area (Å²) in [7, 11) is 0. The molecule has 3 nitrogen and oxygen atoms in total. The van der Waals surface area contributed by atoms with Gasteiger partial charge in [0.15, 0.2) is 0 Å². The summed E-state index contributed by atoms with van der Waals surface area (Å²) in [6.07, 6.45) is 7.22. The lowest BCUT2D eigenvalue weighted by Crippen LogP contribution is -2.31. The van der Waals surface area contributed by atoms with Crippen molar-refractivity contribution in [1.29, 1.82) is 0 Å². The van der Waals surface area contributed by atoms with Gasteiger partial charge in [0, 0.05) is 6.54 Å². The average Bonchev–Trinajstić information content (AvgIpc) is 2.23. The third kappa shape index (κ3) is 7.11. The van der Waals surface area contributed by atoms with E-state index in [1.807, 2.05) is 6.92 Å². The third-order valence-corrected chi connectivity index (χ3v) is 2.47.